The van der Waals surface area contributed by atoms with Gasteiger partial charge >= 0.3 is 0 Å². The minimum atomic E-state index is -3.93. The Morgan fingerprint density at radius 1 is 0.829 bits per heavy atom. The number of nitrogens with one attached hydrogen (secondary N) is 1. The molecule has 6 nitrogen and oxygen atoms in total. The number of nitrogens with zero attached hydrogens (tertiary/aromatic N) is 2. The molecule has 1 fully saturated rings. The van der Waals surface area contributed by atoms with Gasteiger partial charge in [0.25, 0.3) is 15.9 Å². The van der Waals surface area contributed by atoms with Crippen LogP contribution in [0.5, 0.6) is 0 Å². The lowest BCUT2D eigenvalue weighted by atomic mass is 10.00. The maximum Gasteiger partial charge on any atom is 0.264 e. The first-order valence-electron chi connectivity index (χ1n) is 12.9. The molecule has 0 heterocycles. The number of carbonyl (C=O) groups excluding carboxylic acids is 1. The van der Waals surface area contributed by atoms with Crippen molar-refractivity contribution >= 4 is 27.3 Å². The van der Waals surface area contributed by atoms with Crippen LogP contribution in [0.25, 0.3) is 0 Å². The smallest absolute Gasteiger partial charge is 0.264 e. The minimum Gasteiger partial charge on any atom is -0.271 e. The largest absolute Gasteiger partial charge is 0.271 e. The lowest BCUT2D eigenvalue weighted by Gasteiger charge is -2.26. The Kier molecular flexibility index (Phi) is 10.3. The average Bonchev–Trinajstić information content (AvgIpc) is 2.84. The van der Waals surface area contributed by atoms with Gasteiger partial charge in [0.15, 0.2) is 0 Å². The first-order valence-corrected chi connectivity index (χ1v) is 14.3. The molecule has 1 aliphatic carbocycles. The summed E-state index contributed by atoms with van der Waals surface area (Å²) in [5, 5.41) is 4.45. The van der Waals surface area contributed by atoms with Gasteiger partial charge in [-0.2, -0.15) is 5.10 Å². The number of amides is 1. The van der Waals surface area contributed by atoms with E-state index in [1.165, 1.54) is 49.3 Å². The lowest BCUT2D eigenvalue weighted by Crippen LogP contribution is -2.40. The van der Waals surface area contributed by atoms with Crippen LogP contribution < -0.4 is 9.73 Å². The molecule has 3 rings (SSSR count). The van der Waals surface area contributed by atoms with Gasteiger partial charge in [0.05, 0.1) is 10.6 Å². The number of sulfonamides is 1. The molecule has 1 N–H and O–H groups in total. The molecule has 0 bridgehead atoms. The van der Waals surface area contributed by atoms with Gasteiger partial charge in [-0.1, -0.05) is 75.3 Å². The van der Waals surface area contributed by atoms with Crippen LogP contribution in [-0.2, 0) is 14.8 Å². The topological polar surface area (TPSA) is 78.8 Å². The molecule has 0 radical (unpaired) electrons. The molecule has 35 heavy (non-hydrogen) atoms. The van der Waals surface area contributed by atoms with Crippen molar-refractivity contribution < 1.29 is 13.2 Å². The Morgan fingerprint density at radius 3 is 2.00 bits per heavy atom. The molecule has 0 unspecified atom stereocenters. The summed E-state index contributed by atoms with van der Waals surface area (Å²) in [6.07, 6.45) is 12.7. The van der Waals surface area contributed by atoms with E-state index in [1.807, 2.05) is 26.0 Å². The molecule has 1 aliphatic rings. The van der Waals surface area contributed by atoms with Gasteiger partial charge in [0, 0.05) is 5.71 Å². The second kappa shape index (κ2) is 13.4. The fourth-order valence-corrected chi connectivity index (χ4v) is 5.96. The second-order valence-electron chi connectivity index (χ2n) is 9.44. The van der Waals surface area contributed by atoms with Crippen molar-refractivity contribution in [2.45, 2.75) is 89.4 Å². The SMILES string of the molecule is Cc1cccc(N(CC(=O)NN=C2CCCCCCCCCCC2)S(=O)(=O)c2ccccc2)c1C. The predicted molar refractivity (Wildman–Crippen MR) is 143 cm³/mol. The highest BCUT2D eigenvalue weighted by Gasteiger charge is 2.28. The van der Waals surface area contributed by atoms with E-state index in [2.05, 4.69) is 10.5 Å². The highest BCUT2D eigenvalue weighted by atomic mass is 32.2. The van der Waals surface area contributed by atoms with Gasteiger partial charge < -0.3 is 0 Å². The van der Waals surface area contributed by atoms with E-state index in [-0.39, 0.29) is 11.4 Å². The van der Waals surface area contributed by atoms with Crippen molar-refractivity contribution in [1.29, 1.82) is 0 Å². The van der Waals surface area contributed by atoms with Crippen LogP contribution in [0.2, 0.25) is 0 Å². The molecule has 7 heteroatoms. The summed E-state index contributed by atoms with van der Waals surface area (Å²) in [6, 6.07) is 13.7. The van der Waals surface area contributed by atoms with Crippen molar-refractivity contribution in [2.75, 3.05) is 10.8 Å². The zero-order valence-electron chi connectivity index (χ0n) is 21.1. The molecule has 0 spiro atoms. The van der Waals surface area contributed by atoms with E-state index in [1.54, 1.807) is 36.4 Å². The molecular weight excluding hydrogens is 458 g/mol. The molecule has 2 aromatic rings. The van der Waals surface area contributed by atoms with Crippen molar-refractivity contribution in [3.8, 4) is 0 Å². The van der Waals surface area contributed by atoms with Crippen LogP contribution in [0.15, 0.2) is 58.5 Å². The minimum absolute atomic E-state index is 0.152. The Morgan fingerprint density at radius 2 is 1.40 bits per heavy atom. The maximum atomic E-state index is 13.6. The van der Waals surface area contributed by atoms with Gasteiger partial charge in [0.2, 0.25) is 0 Å². The number of anilines is 1. The molecule has 0 atom stereocenters. The quantitative estimate of drug-likeness (QED) is 0.477. The zero-order valence-corrected chi connectivity index (χ0v) is 21.9. The fraction of sp³-hybridized carbons (Fsp3) is 0.500. The van der Waals surface area contributed by atoms with Gasteiger partial charge in [-0.15, -0.1) is 0 Å². The number of hydrogen-bond donors (Lipinski definition) is 1. The summed E-state index contributed by atoms with van der Waals surface area (Å²) in [5.74, 6) is -0.441. The summed E-state index contributed by atoms with van der Waals surface area (Å²) in [7, 11) is -3.93. The van der Waals surface area contributed by atoms with Gasteiger partial charge in [-0.25, -0.2) is 13.8 Å². The number of rotatable bonds is 6. The van der Waals surface area contributed by atoms with Gasteiger partial charge in [-0.05, 0) is 68.9 Å². The number of hydrazone groups is 1. The Labute approximate surface area is 210 Å². The monoisotopic (exact) mass is 497 g/mol. The van der Waals surface area contributed by atoms with Crippen molar-refractivity contribution in [3.05, 3.63) is 59.7 Å². The van der Waals surface area contributed by atoms with E-state index in [9.17, 15) is 13.2 Å². The number of hydrogen-bond acceptors (Lipinski definition) is 4. The van der Waals surface area contributed by atoms with E-state index in [4.69, 9.17) is 0 Å². The third-order valence-corrected chi connectivity index (χ3v) is 8.51. The average molecular weight is 498 g/mol. The Bertz CT molecular complexity index is 1080. The number of benzene rings is 2. The normalized spacial score (nSPS) is 16.0. The first kappa shape index (κ1) is 26.9. The van der Waals surface area contributed by atoms with Gasteiger partial charge in [0.1, 0.15) is 6.54 Å². The third kappa shape index (κ3) is 7.92. The van der Waals surface area contributed by atoms with Gasteiger partial charge in [-0.3, -0.25) is 9.10 Å². The highest BCUT2D eigenvalue weighted by molar-refractivity contribution is 7.92. The van der Waals surface area contributed by atoms with Crippen LogP contribution in [0.4, 0.5) is 5.69 Å². The van der Waals surface area contributed by atoms with E-state index >= 15 is 0 Å². The number of aryl methyl sites for hydroxylation is 1. The molecule has 0 aromatic heterocycles. The van der Waals surface area contributed by atoms with Crippen LogP contribution >= 0.6 is 0 Å². The first-order chi connectivity index (χ1) is 16.9. The highest BCUT2D eigenvalue weighted by Crippen LogP contribution is 2.28. The van der Waals surface area contributed by atoms with Crippen molar-refractivity contribution in [3.63, 3.8) is 0 Å². The van der Waals surface area contributed by atoms with Crippen LogP contribution in [0.1, 0.15) is 81.8 Å². The van der Waals surface area contributed by atoms with E-state index in [0.29, 0.717) is 5.69 Å². The Hall–Kier alpha value is -2.67. The molecule has 0 saturated heterocycles. The van der Waals surface area contributed by atoms with Crippen LogP contribution in [-0.4, -0.2) is 26.6 Å². The van der Waals surface area contributed by atoms with Crippen LogP contribution in [0.3, 0.4) is 0 Å². The standard InChI is InChI=1S/C28H39N3O3S/c1-23-16-15-21-27(24(23)2)31(35(33,34)26-19-13-10-14-20-26)22-28(32)30-29-25-17-11-8-6-4-3-5-7-9-12-18-25/h10,13-16,19-21H,3-9,11-12,17-18,22H2,1-2H3,(H,30,32). The van der Waals surface area contributed by atoms with E-state index < -0.39 is 15.9 Å². The molecule has 1 amide bonds. The second-order valence-corrected chi connectivity index (χ2v) is 11.3. The summed E-state index contributed by atoms with van der Waals surface area (Å²) < 4.78 is 28.3. The summed E-state index contributed by atoms with van der Waals surface area (Å²) in [4.78, 5) is 13.1. The zero-order chi connectivity index (χ0) is 25.1. The third-order valence-electron chi connectivity index (χ3n) is 6.73. The van der Waals surface area contributed by atoms with E-state index in [0.717, 1.165) is 42.5 Å². The fourth-order valence-electron chi connectivity index (χ4n) is 4.46. The molecular formula is C28H39N3O3S. The number of carbonyl (C=O) groups is 1. The molecule has 2 aromatic carbocycles. The maximum absolute atomic E-state index is 13.6. The van der Waals surface area contributed by atoms with Crippen molar-refractivity contribution in [2.24, 2.45) is 5.10 Å². The summed E-state index contributed by atoms with van der Waals surface area (Å²) in [6.45, 7) is 3.47. The lowest BCUT2D eigenvalue weighted by molar-refractivity contribution is -0.119. The summed E-state index contributed by atoms with van der Waals surface area (Å²) in [5.41, 5.74) is 5.96. The molecule has 1 saturated carbocycles. The van der Waals surface area contributed by atoms with Crippen LogP contribution in [0, 0.1) is 13.8 Å². The summed E-state index contributed by atoms with van der Waals surface area (Å²) >= 11 is 0. The molecule has 0 aliphatic heterocycles. The predicted octanol–water partition coefficient (Wildman–Crippen LogP) is 6.28. The Balaban J connectivity index is 1.79. The van der Waals surface area contributed by atoms with Crippen molar-refractivity contribution in [1.82, 2.24) is 5.43 Å². The molecule has 190 valence electrons.